The lowest BCUT2D eigenvalue weighted by Gasteiger charge is -2.18. The molecule has 6 heteroatoms. The lowest BCUT2D eigenvalue weighted by Crippen LogP contribution is -2.30. The highest BCUT2D eigenvalue weighted by Gasteiger charge is 2.19. The lowest BCUT2D eigenvalue weighted by molar-refractivity contribution is -0.167. The van der Waals surface area contributed by atoms with Gasteiger partial charge in [0.1, 0.15) is 13.2 Å². The molecule has 6 nitrogen and oxygen atoms in total. The van der Waals surface area contributed by atoms with Crippen molar-refractivity contribution in [1.29, 1.82) is 0 Å². The highest BCUT2D eigenvalue weighted by atomic mass is 16.6. The number of unbranched alkanes of at least 4 members (excludes halogenated alkanes) is 40. The molecule has 82 heavy (non-hydrogen) atoms. The minimum atomic E-state index is -0.782. The van der Waals surface area contributed by atoms with E-state index in [2.05, 4.69) is 106 Å². The summed E-state index contributed by atoms with van der Waals surface area (Å²) in [5, 5.41) is 0. The van der Waals surface area contributed by atoms with E-state index in [0.29, 0.717) is 19.3 Å². The molecule has 0 saturated heterocycles. The van der Waals surface area contributed by atoms with E-state index >= 15 is 0 Å². The fraction of sp³-hybridized carbons (Fsp3) is 0.776. The fourth-order valence-corrected chi connectivity index (χ4v) is 10.3. The number of hydrogen-bond acceptors (Lipinski definition) is 6. The van der Waals surface area contributed by atoms with Crippen LogP contribution in [0.4, 0.5) is 0 Å². The zero-order valence-electron chi connectivity index (χ0n) is 54.5. The van der Waals surface area contributed by atoms with Crippen LogP contribution in [0.3, 0.4) is 0 Å². The van der Waals surface area contributed by atoms with Crippen LogP contribution in [0.1, 0.15) is 361 Å². The number of ether oxygens (including phenoxy) is 3. The van der Waals surface area contributed by atoms with Gasteiger partial charge in [-0.15, -0.1) is 0 Å². The number of rotatable bonds is 65. The van der Waals surface area contributed by atoms with Crippen LogP contribution in [0, 0.1) is 0 Å². The second-order valence-electron chi connectivity index (χ2n) is 23.8. The Hall–Kier alpha value is -3.41. The number of carbonyl (C=O) groups excluding carboxylic acids is 3. The number of esters is 3. The summed E-state index contributed by atoms with van der Waals surface area (Å²) in [5.41, 5.74) is 0. The first-order valence-electron chi connectivity index (χ1n) is 35.6. The summed E-state index contributed by atoms with van der Waals surface area (Å²) in [6, 6.07) is 0. The van der Waals surface area contributed by atoms with Crippen LogP contribution in [-0.2, 0) is 28.6 Å². The van der Waals surface area contributed by atoms with E-state index < -0.39 is 6.10 Å². The predicted molar refractivity (Wildman–Crippen MR) is 358 cm³/mol. The largest absolute Gasteiger partial charge is 0.462 e. The number of carbonyl (C=O) groups is 3. The second-order valence-corrected chi connectivity index (χ2v) is 23.8. The van der Waals surface area contributed by atoms with E-state index in [1.807, 2.05) is 0 Å². The summed E-state index contributed by atoms with van der Waals surface area (Å²) in [6.45, 7) is 6.49. The average Bonchev–Trinajstić information content (AvgIpc) is 3.47. The maximum atomic E-state index is 12.9. The quantitative estimate of drug-likeness (QED) is 0.0261. The molecule has 474 valence electrons. The van der Waals surface area contributed by atoms with Crippen molar-refractivity contribution in [3.63, 3.8) is 0 Å². The maximum Gasteiger partial charge on any atom is 0.306 e. The van der Waals surface area contributed by atoms with Gasteiger partial charge in [-0.1, -0.05) is 318 Å². The third-order valence-corrected chi connectivity index (χ3v) is 15.6. The van der Waals surface area contributed by atoms with E-state index in [9.17, 15) is 14.4 Å². The normalized spacial score (nSPS) is 12.6. The van der Waals surface area contributed by atoms with Crippen molar-refractivity contribution in [2.75, 3.05) is 13.2 Å². The van der Waals surface area contributed by atoms with Crippen molar-refractivity contribution in [1.82, 2.24) is 0 Å². The van der Waals surface area contributed by atoms with Crippen LogP contribution in [0.15, 0.2) is 85.1 Å². The third-order valence-electron chi connectivity index (χ3n) is 15.6. The molecule has 0 radical (unpaired) electrons. The minimum Gasteiger partial charge on any atom is -0.462 e. The Morgan fingerprint density at radius 1 is 0.256 bits per heavy atom. The highest BCUT2D eigenvalue weighted by Crippen LogP contribution is 2.18. The van der Waals surface area contributed by atoms with Crippen molar-refractivity contribution in [2.24, 2.45) is 0 Å². The first-order chi connectivity index (χ1) is 40.5. The topological polar surface area (TPSA) is 78.9 Å². The number of hydrogen-bond donors (Lipinski definition) is 0. The van der Waals surface area contributed by atoms with Gasteiger partial charge in [0.15, 0.2) is 6.10 Å². The summed E-state index contributed by atoms with van der Waals surface area (Å²) in [4.78, 5) is 38.3. The van der Waals surface area contributed by atoms with Crippen LogP contribution in [0.5, 0.6) is 0 Å². The molecular formula is C76H134O6. The van der Waals surface area contributed by atoms with Crippen molar-refractivity contribution >= 4 is 17.9 Å². The summed E-state index contributed by atoms with van der Waals surface area (Å²) >= 11 is 0. The fourth-order valence-electron chi connectivity index (χ4n) is 10.3. The van der Waals surface area contributed by atoms with Crippen molar-refractivity contribution in [2.45, 2.75) is 367 Å². The SMILES string of the molecule is CC/C=C\C/C=C\C/C=C\C/C=C\CCCCCCCCCCCCC(=O)OC(COC(=O)CCCCCCC/C=C\CCC)COC(=O)CCCCCCCCCCCCCCCCCCCCC/C=C\C/C=C\CCCCCCC. The molecule has 0 fully saturated rings. The van der Waals surface area contributed by atoms with Gasteiger partial charge in [0.05, 0.1) is 0 Å². The predicted octanol–water partition coefficient (Wildman–Crippen LogP) is 24.6. The monoisotopic (exact) mass is 1140 g/mol. The van der Waals surface area contributed by atoms with Gasteiger partial charge in [-0.2, -0.15) is 0 Å². The average molecular weight is 1140 g/mol. The Labute approximate surface area is 509 Å². The first-order valence-corrected chi connectivity index (χ1v) is 35.6. The summed E-state index contributed by atoms with van der Waals surface area (Å²) in [5.74, 6) is -0.876. The molecule has 0 heterocycles. The lowest BCUT2D eigenvalue weighted by atomic mass is 10.0. The van der Waals surface area contributed by atoms with Gasteiger partial charge in [0, 0.05) is 19.3 Å². The zero-order valence-corrected chi connectivity index (χ0v) is 54.5. The number of allylic oxidation sites excluding steroid dienone is 14. The summed E-state index contributed by atoms with van der Waals surface area (Å²) in [6.07, 6.45) is 93.5. The van der Waals surface area contributed by atoms with Crippen molar-refractivity contribution in [3.8, 4) is 0 Å². The maximum absolute atomic E-state index is 12.9. The molecule has 0 aromatic rings. The van der Waals surface area contributed by atoms with Crippen LogP contribution in [0.25, 0.3) is 0 Å². The summed E-state index contributed by atoms with van der Waals surface area (Å²) in [7, 11) is 0. The Kier molecular flexibility index (Phi) is 67.2. The van der Waals surface area contributed by atoms with Gasteiger partial charge in [-0.25, -0.2) is 0 Å². The minimum absolute atomic E-state index is 0.0776. The molecule has 0 bridgehead atoms. The van der Waals surface area contributed by atoms with Crippen LogP contribution < -0.4 is 0 Å². The molecule has 0 aliphatic carbocycles. The second kappa shape index (κ2) is 70.1. The van der Waals surface area contributed by atoms with E-state index in [1.54, 1.807) is 0 Å². The van der Waals surface area contributed by atoms with Gasteiger partial charge >= 0.3 is 17.9 Å². The van der Waals surface area contributed by atoms with E-state index in [0.717, 1.165) is 103 Å². The molecule has 0 rings (SSSR count). The molecule has 1 atom stereocenters. The third kappa shape index (κ3) is 67.4. The molecule has 0 N–H and O–H groups in total. The van der Waals surface area contributed by atoms with Gasteiger partial charge in [0.2, 0.25) is 0 Å². The van der Waals surface area contributed by atoms with Crippen molar-refractivity contribution in [3.05, 3.63) is 85.1 Å². The van der Waals surface area contributed by atoms with Gasteiger partial charge < -0.3 is 14.2 Å². The molecule has 1 unspecified atom stereocenters. The molecular weight excluding hydrogens is 1010 g/mol. The van der Waals surface area contributed by atoms with Gasteiger partial charge in [-0.05, 0) is 109 Å². The molecule has 0 spiro atoms. The van der Waals surface area contributed by atoms with E-state index in [-0.39, 0.29) is 31.1 Å². The van der Waals surface area contributed by atoms with Gasteiger partial charge in [-0.3, -0.25) is 14.4 Å². The van der Waals surface area contributed by atoms with Crippen LogP contribution >= 0.6 is 0 Å². The smallest absolute Gasteiger partial charge is 0.306 e. The zero-order chi connectivity index (χ0) is 59.2. The Morgan fingerprint density at radius 2 is 0.500 bits per heavy atom. The molecule has 0 aromatic carbocycles. The Balaban J connectivity index is 4.13. The standard InChI is InChI=1S/C76H134O6/c1-4-7-10-13-16-19-22-24-26-28-30-32-34-35-36-37-38-39-40-41-43-44-46-48-50-52-54-57-60-63-66-69-75(78)81-72-73(71-80-74(77)68-65-62-59-56-21-18-15-12-9-6-3)82-76(79)70-67-64-61-58-55-53-51-49-47-45-42-33-31-29-27-25-23-20-17-14-11-8-5-2/h8,11-12,15,17,20,22,24-25,27-28,30-31,33,73H,4-7,9-10,13-14,16,18-19,21,23,26,29,32,34-72H2,1-3H3/b11-8-,15-12-,20-17-,24-22-,27-25-,30-28-,33-31-. The van der Waals surface area contributed by atoms with E-state index in [1.165, 1.54) is 218 Å². The van der Waals surface area contributed by atoms with E-state index in [4.69, 9.17) is 14.2 Å². The van der Waals surface area contributed by atoms with Crippen LogP contribution in [0.2, 0.25) is 0 Å². The highest BCUT2D eigenvalue weighted by molar-refractivity contribution is 5.71. The molecule has 0 aromatic heterocycles. The molecule has 0 aliphatic rings. The van der Waals surface area contributed by atoms with Gasteiger partial charge in [0.25, 0.3) is 0 Å². The Morgan fingerprint density at radius 3 is 0.805 bits per heavy atom. The molecule has 0 saturated carbocycles. The molecule has 0 amide bonds. The van der Waals surface area contributed by atoms with Crippen molar-refractivity contribution < 1.29 is 28.6 Å². The Bertz CT molecular complexity index is 1550. The molecule has 0 aliphatic heterocycles. The van der Waals surface area contributed by atoms with Crippen LogP contribution in [-0.4, -0.2) is 37.2 Å². The summed E-state index contributed by atoms with van der Waals surface area (Å²) < 4.78 is 16.9. The first kappa shape index (κ1) is 78.6.